The van der Waals surface area contributed by atoms with Gasteiger partial charge in [-0.1, -0.05) is 22.9 Å². The van der Waals surface area contributed by atoms with Crippen molar-refractivity contribution in [3.05, 3.63) is 44.7 Å². The van der Waals surface area contributed by atoms with Crippen molar-refractivity contribution >= 4 is 44.7 Å². The quantitative estimate of drug-likeness (QED) is 0.681. The lowest BCUT2D eigenvalue weighted by Crippen LogP contribution is -2.19. The molecule has 2 heterocycles. The molecule has 1 N–H and O–H groups in total. The van der Waals surface area contributed by atoms with Gasteiger partial charge in [0.05, 0.1) is 10.3 Å². The van der Waals surface area contributed by atoms with Gasteiger partial charge in [0.2, 0.25) is 0 Å². The topological polar surface area (TPSA) is 12.0 Å². The monoisotopic (exact) mass is 367 g/mol. The number of anilines is 1. The Morgan fingerprint density at radius 2 is 1.95 bits per heavy atom. The zero-order valence-corrected chi connectivity index (χ0v) is 15.1. The standard InChI is InChI=1S/C16H18BrNS2/c1-9-6-12(17)7-10(2)15(9)18-14-8-11(3)20-16-13(14)4-5-19-16/h4-7,11,14,18H,8H2,1-3H3/t11-,14?/m0/s1. The fourth-order valence-electron chi connectivity index (χ4n) is 2.80. The molecule has 3 rings (SSSR count). The number of halogens is 1. The molecular weight excluding hydrogens is 350 g/mol. The Morgan fingerprint density at radius 3 is 2.65 bits per heavy atom. The van der Waals surface area contributed by atoms with Crippen LogP contribution < -0.4 is 5.32 Å². The van der Waals surface area contributed by atoms with Gasteiger partial charge in [-0.3, -0.25) is 0 Å². The summed E-state index contributed by atoms with van der Waals surface area (Å²) in [4.78, 5) is 0. The van der Waals surface area contributed by atoms with Crippen LogP contribution in [0.4, 0.5) is 5.69 Å². The number of thiophene rings is 1. The molecule has 2 atom stereocenters. The van der Waals surface area contributed by atoms with E-state index < -0.39 is 0 Å². The van der Waals surface area contributed by atoms with Gasteiger partial charge in [-0.05, 0) is 60.5 Å². The zero-order chi connectivity index (χ0) is 14.3. The van der Waals surface area contributed by atoms with E-state index in [-0.39, 0.29) is 0 Å². The van der Waals surface area contributed by atoms with Crippen LogP contribution in [0, 0.1) is 13.8 Å². The smallest absolute Gasteiger partial charge is 0.0653 e. The summed E-state index contributed by atoms with van der Waals surface area (Å²) in [6.07, 6.45) is 1.18. The Kier molecular flexibility index (Phi) is 4.16. The summed E-state index contributed by atoms with van der Waals surface area (Å²) in [5.74, 6) is 0. The maximum Gasteiger partial charge on any atom is 0.0653 e. The number of aryl methyl sites for hydroxylation is 2. The first-order valence-corrected chi connectivity index (χ1v) is 9.37. The van der Waals surface area contributed by atoms with E-state index in [1.165, 1.54) is 33.0 Å². The summed E-state index contributed by atoms with van der Waals surface area (Å²) < 4.78 is 2.63. The Hall–Kier alpha value is -0.450. The van der Waals surface area contributed by atoms with Crippen molar-refractivity contribution in [2.45, 2.75) is 42.7 Å². The van der Waals surface area contributed by atoms with Gasteiger partial charge in [-0.15, -0.1) is 23.1 Å². The van der Waals surface area contributed by atoms with Crippen LogP contribution in [-0.2, 0) is 0 Å². The van der Waals surface area contributed by atoms with Crippen LogP contribution in [0.1, 0.15) is 36.1 Å². The van der Waals surface area contributed by atoms with Crippen molar-refractivity contribution in [2.75, 3.05) is 5.32 Å². The van der Waals surface area contributed by atoms with Crippen LogP contribution in [0.5, 0.6) is 0 Å². The van der Waals surface area contributed by atoms with E-state index in [2.05, 4.69) is 65.6 Å². The number of thioether (sulfide) groups is 1. The van der Waals surface area contributed by atoms with Crippen molar-refractivity contribution in [2.24, 2.45) is 0 Å². The molecule has 2 aromatic rings. The maximum absolute atomic E-state index is 3.79. The molecule has 4 heteroatoms. The molecule has 1 aliphatic rings. The van der Waals surface area contributed by atoms with Crippen LogP contribution >= 0.6 is 39.0 Å². The minimum atomic E-state index is 0.436. The fraction of sp³-hybridized carbons (Fsp3) is 0.375. The third-order valence-corrected chi connectivity index (χ3v) is 6.53. The highest BCUT2D eigenvalue weighted by atomic mass is 79.9. The van der Waals surface area contributed by atoms with Gasteiger partial charge in [0.15, 0.2) is 0 Å². The highest BCUT2D eigenvalue weighted by Gasteiger charge is 2.26. The van der Waals surface area contributed by atoms with E-state index in [1.807, 2.05) is 23.1 Å². The minimum Gasteiger partial charge on any atom is -0.378 e. The number of rotatable bonds is 2. The van der Waals surface area contributed by atoms with Crippen LogP contribution in [0.3, 0.4) is 0 Å². The molecule has 1 aromatic carbocycles. The van der Waals surface area contributed by atoms with E-state index in [0.29, 0.717) is 11.3 Å². The molecule has 106 valence electrons. The summed E-state index contributed by atoms with van der Waals surface area (Å²) in [7, 11) is 0. The SMILES string of the molecule is Cc1cc(Br)cc(C)c1NC1C[C@H](C)Sc2sccc21. The average Bonchev–Trinajstić information content (AvgIpc) is 2.81. The molecule has 0 aliphatic carbocycles. The molecule has 1 unspecified atom stereocenters. The molecule has 0 spiro atoms. The summed E-state index contributed by atoms with van der Waals surface area (Å²) in [5.41, 5.74) is 5.37. The lowest BCUT2D eigenvalue weighted by molar-refractivity contribution is 0.669. The normalized spacial score (nSPS) is 21.6. The molecule has 0 saturated heterocycles. The van der Waals surface area contributed by atoms with Crippen molar-refractivity contribution in [3.63, 3.8) is 0 Å². The Morgan fingerprint density at radius 1 is 1.25 bits per heavy atom. The van der Waals surface area contributed by atoms with Crippen molar-refractivity contribution in [1.82, 2.24) is 0 Å². The molecule has 0 bridgehead atoms. The second kappa shape index (κ2) is 5.74. The molecule has 0 amide bonds. The fourth-order valence-corrected chi connectivity index (χ4v) is 6.05. The molecule has 20 heavy (non-hydrogen) atoms. The highest BCUT2D eigenvalue weighted by Crippen LogP contribution is 2.45. The Bertz CT molecular complexity index is 612. The van der Waals surface area contributed by atoms with Crippen molar-refractivity contribution in [1.29, 1.82) is 0 Å². The summed E-state index contributed by atoms with van der Waals surface area (Å²) in [6, 6.07) is 7.08. The van der Waals surface area contributed by atoms with Gasteiger partial charge in [0.1, 0.15) is 0 Å². The van der Waals surface area contributed by atoms with Gasteiger partial charge >= 0.3 is 0 Å². The lowest BCUT2D eigenvalue weighted by atomic mass is 10.0. The Balaban J connectivity index is 1.93. The molecular formula is C16H18BrNS2. The minimum absolute atomic E-state index is 0.436. The zero-order valence-electron chi connectivity index (χ0n) is 11.9. The van der Waals surface area contributed by atoms with E-state index in [9.17, 15) is 0 Å². The summed E-state index contributed by atoms with van der Waals surface area (Å²) in [5, 5.41) is 6.68. The van der Waals surface area contributed by atoms with E-state index in [0.717, 1.165) is 4.47 Å². The third kappa shape index (κ3) is 2.78. The third-order valence-electron chi connectivity index (χ3n) is 3.73. The first-order chi connectivity index (χ1) is 9.54. The maximum atomic E-state index is 3.79. The van der Waals surface area contributed by atoms with Gasteiger partial charge in [0.25, 0.3) is 0 Å². The number of hydrogen-bond donors (Lipinski definition) is 1. The van der Waals surface area contributed by atoms with Crippen molar-refractivity contribution in [3.8, 4) is 0 Å². The summed E-state index contributed by atoms with van der Waals surface area (Å²) in [6.45, 7) is 6.68. The van der Waals surface area contributed by atoms with Gasteiger partial charge in [-0.25, -0.2) is 0 Å². The number of hydrogen-bond acceptors (Lipinski definition) is 3. The number of fused-ring (bicyclic) bond motifs is 1. The molecule has 1 aliphatic heterocycles. The van der Waals surface area contributed by atoms with Crippen LogP contribution in [0.25, 0.3) is 0 Å². The Labute approximate surface area is 137 Å². The van der Waals surface area contributed by atoms with E-state index >= 15 is 0 Å². The molecule has 0 radical (unpaired) electrons. The average molecular weight is 368 g/mol. The van der Waals surface area contributed by atoms with Gasteiger partial charge < -0.3 is 5.32 Å². The largest absolute Gasteiger partial charge is 0.378 e. The first kappa shape index (κ1) is 14.5. The predicted molar refractivity (Wildman–Crippen MR) is 94.2 cm³/mol. The van der Waals surface area contributed by atoms with Crippen LogP contribution in [0.2, 0.25) is 0 Å². The second-order valence-corrected chi connectivity index (χ2v) is 8.98. The molecule has 0 fully saturated rings. The number of benzene rings is 1. The lowest BCUT2D eigenvalue weighted by Gasteiger charge is -2.29. The summed E-state index contributed by atoms with van der Waals surface area (Å²) >= 11 is 7.46. The van der Waals surface area contributed by atoms with Crippen LogP contribution in [-0.4, -0.2) is 5.25 Å². The second-order valence-electron chi connectivity index (χ2n) is 5.44. The van der Waals surface area contributed by atoms with Gasteiger partial charge in [0, 0.05) is 15.4 Å². The van der Waals surface area contributed by atoms with Crippen LogP contribution in [0.15, 0.2) is 32.3 Å². The highest BCUT2D eigenvalue weighted by molar-refractivity contribution is 9.10. The first-order valence-electron chi connectivity index (χ1n) is 6.82. The van der Waals surface area contributed by atoms with E-state index in [4.69, 9.17) is 0 Å². The molecule has 0 saturated carbocycles. The van der Waals surface area contributed by atoms with Gasteiger partial charge in [-0.2, -0.15) is 0 Å². The number of nitrogens with one attached hydrogen (secondary N) is 1. The molecule has 1 nitrogen and oxygen atoms in total. The molecule has 1 aromatic heterocycles. The van der Waals surface area contributed by atoms with E-state index in [1.54, 1.807) is 0 Å². The van der Waals surface area contributed by atoms with Crippen molar-refractivity contribution < 1.29 is 0 Å². The predicted octanol–water partition coefficient (Wildman–Crippen LogP) is 6.16.